The van der Waals surface area contributed by atoms with Crippen LogP contribution in [0.5, 0.6) is 0 Å². The number of hydrogen-bond donors (Lipinski definition) is 1. The van der Waals surface area contributed by atoms with Crippen molar-refractivity contribution in [2.24, 2.45) is 0 Å². The van der Waals surface area contributed by atoms with Crippen molar-refractivity contribution in [3.05, 3.63) is 71.0 Å². The second kappa shape index (κ2) is 4.23. The summed E-state index contributed by atoms with van der Waals surface area (Å²) >= 11 is 0. The maximum absolute atomic E-state index is 13.1. The highest BCUT2D eigenvalue weighted by atomic mass is 16.1. The molecule has 2 aromatic heterocycles. The number of para-hydroxylation sites is 1. The summed E-state index contributed by atoms with van der Waals surface area (Å²) in [7, 11) is 1.91. The lowest BCUT2D eigenvalue weighted by molar-refractivity contribution is 1.21. The predicted molar refractivity (Wildman–Crippen MR) is 96.9 cm³/mol. The SMILES string of the molecule is CNc1ccc2c(c1)c1cccc3c4ccccc4c(=O)n2c31. The van der Waals surface area contributed by atoms with E-state index in [0.29, 0.717) is 0 Å². The van der Waals surface area contributed by atoms with Crippen molar-refractivity contribution in [1.29, 1.82) is 0 Å². The Balaban J connectivity index is 2.21. The van der Waals surface area contributed by atoms with Crippen LogP contribution in [0.3, 0.4) is 0 Å². The van der Waals surface area contributed by atoms with Gasteiger partial charge in [0.15, 0.2) is 0 Å². The van der Waals surface area contributed by atoms with Gasteiger partial charge >= 0.3 is 0 Å². The van der Waals surface area contributed by atoms with Gasteiger partial charge in [0.1, 0.15) is 0 Å². The topological polar surface area (TPSA) is 33.5 Å². The summed E-state index contributed by atoms with van der Waals surface area (Å²) in [6, 6.07) is 20.3. The molecule has 0 atom stereocenters. The number of fused-ring (bicyclic) bond motifs is 5. The molecule has 0 aliphatic carbocycles. The van der Waals surface area contributed by atoms with Gasteiger partial charge in [0.05, 0.1) is 11.0 Å². The summed E-state index contributed by atoms with van der Waals surface area (Å²) in [5.41, 5.74) is 3.08. The molecule has 0 saturated carbocycles. The summed E-state index contributed by atoms with van der Waals surface area (Å²) < 4.78 is 1.86. The zero-order valence-corrected chi connectivity index (χ0v) is 12.6. The zero-order chi connectivity index (χ0) is 15.6. The van der Waals surface area contributed by atoms with E-state index in [0.717, 1.165) is 43.7 Å². The number of nitrogens with one attached hydrogen (secondary N) is 1. The van der Waals surface area contributed by atoms with Crippen molar-refractivity contribution in [3.8, 4) is 0 Å². The molecule has 23 heavy (non-hydrogen) atoms. The smallest absolute Gasteiger partial charge is 0.263 e. The first-order valence-electron chi connectivity index (χ1n) is 7.68. The second-order valence-corrected chi connectivity index (χ2v) is 5.87. The van der Waals surface area contributed by atoms with Gasteiger partial charge < -0.3 is 5.32 Å². The molecule has 0 aliphatic rings. The highest BCUT2D eigenvalue weighted by Gasteiger charge is 2.16. The van der Waals surface area contributed by atoms with Gasteiger partial charge in [-0.25, -0.2) is 0 Å². The summed E-state index contributed by atoms with van der Waals surface area (Å²) in [6.45, 7) is 0. The molecule has 1 N–H and O–H groups in total. The van der Waals surface area contributed by atoms with Crippen molar-refractivity contribution >= 4 is 43.7 Å². The molecule has 2 heterocycles. The van der Waals surface area contributed by atoms with Gasteiger partial charge in [-0.15, -0.1) is 0 Å². The number of hydrogen-bond acceptors (Lipinski definition) is 2. The van der Waals surface area contributed by atoms with E-state index in [-0.39, 0.29) is 5.56 Å². The van der Waals surface area contributed by atoms with E-state index >= 15 is 0 Å². The maximum Gasteiger partial charge on any atom is 0.263 e. The van der Waals surface area contributed by atoms with Crippen LogP contribution in [0.15, 0.2) is 65.5 Å². The molecule has 5 rings (SSSR count). The Morgan fingerprint density at radius 1 is 0.783 bits per heavy atom. The largest absolute Gasteiger partial charge is 0.388 e. The first kappa shape index (κ1) is 12.5. The lowest BCUT2D eigenvalue weighted by Gasteiger charge is -2.05. The summed E-state index contributed by atoms with van der Waals surface area (Å²) in [5, 5.41) is 8.32. The summed E-state index contributed by atoms with van der Waals surface area (Å²) in [4.78, 5) is 13.1. The Morgan fingerprint density at radius 3 is 2.26 bits per heavy atom. The van der Waals surface area contributed by atoms with Gasteiger partial charge in [0.2, 0.25) is 0 Å². The molecule has 3 aromatic carbocycles. The normalized spacial score (nSPS) is 11.9. The lowest BCUT2D eigenvalue weighted by Crippen LogP contribution is -2.12. The van der Waals surface area contributed by atoms with Gasteiger partial charge in [0.25, 0.3) is 5.56 Å². The van der Waals surface area contributed by atoms with E-state index in [1.807, 2.05) is 47.8 Å². The molecule has 0 fully saturated rings. The first-order chi connectivity index (χ1) is 11.3. The molecule has 0 bridgehead atoms. The van der Waals surface area contributed by atoms with Crippen molar-refractivity contribution in [2.45, 2.75) is 0 Å². The molecule has 0 spiro atoms. The van der Waals surface area contributed by atoms with Crippen LogP contribution >= 0.6 is 0 Å². The van der Waals surface area contributed by atoms with E-state index in [9.17, 15) is 4.79 Å². The van der Waals surface area contributed by atoms with Crippen LogP contribution in [0.4, 0.5) is 5.69 Å². The van der Waals surface area contributed by atoms with E-state index < -0.39 is 0 Å². The van der Waals surface area contributed by atoms with Crippen molar-refractivity contribution in [3.63, 3.8) is 0 Å². The fourth-order valence-corrected chi connectivity index (χ4v) is 3.68. The van der Waals surface area contributed by atoms with Crippen LogP contribution in [-0.2, 0) is 0 Å². The minimum absolute atomic E-state index is 0.0523. The molecule has 0 saturated heterocycles. The molecular formula is C20H14N2O. The van der Waals surface area contributed by atoms with Crippen LogP contribution in [-0.4, -0.2) is 11.4 Å². The average molecular weight is 298 g/mol. The van der Waals surface area contributed by atoms with E-state index in [4.69, 9.17) is 0 Å². The zero-order valence-electron chi connectivity index (χ0n) is 12.6. The van der Waals surface area contributed by atoms with Crippen molar-refractivity contribution in [1.82, 2.24) is 4.40 Å². The minimum atomic E-state index is 0.0523. The van der Waals surface area contributed by atoms with Gasteiger partial charge in [-0.05, 0) is 29.7 Å². The fraction of sp³-hybridized carbons (Fsp3) is 0.0500. The second-order valence-electron chi connectivity index (χ2n) is 5.87. The Bertz CT molecular complexity index is 1270. The van der Waals surface area contributed by atoms with Gasteiger partial charge in [0, 0.05) is 34.3 Å². The minimum Gasteiger partial charge on any atom is -0.388 e. The Kier molecular flexibility index (Phi) is 2.29. The van der Waals surface area contributed by atoms with Crippen LogP contribution < -0.4 is 10.9 Å². The third kappa shape index (κ3) is 1.46. The lowest BCUT2D eigenvalue weighted by atomic mass is 10.0. The molecular weight excluding hydrogens is 284 g/mol. The first-order valence-corrected chi connectivity index (χ1v) is 7.68. The van der Waals surface area contributed by atoms with Crippen LogP contribution in [0, 0.1) is 0 Å². The summed E-state index contributed by atoms with van der Waals surface area (Å²) in [5.74, 6) is 0. The molecule has 110 valence electrons. The van der Waals surface area contributed by atoms with Crippen LogP contribution in [0.2, 0.25) is 0 Å². The number of rotatable bonds is 1. The van der Waals surface area contributed by atoms with Gasteiger partial charge in [-0.3, -0.25) is 9.20 Å². The van der Waals surface area contributed by atoms with Crippen molar-refractivity contribution < 1.29 is 0 Å². The molecule has 5 aromatic rings. The van der Waals surface area contributed by atoms with E-state index in [1.165, 1.54) is 0 Å². The van der Waals surface area contributed by atoms with Gasteiger partial charge in [-0.2, -0.15) is 0 Å². The van der Waals surface area contributed by atoms with E-state index in [1.54, 1.807) is 0 Å². The number of aromatic nitrogens is 1. The Morgan fingerprint density at radius 2 is 1.48 bits per heavy atom. The Hall–Kier alpha value is -3.07. The fourth-order valence-electron chi connectivity index (χ4n) is 3.68. The third-order valence-corrected chi connectivity index (χ3v) is 4.73. The standard InChI is InChI=1S/C20H14N2O/c1-21-12-9-10-18-17(11-12)15-8-4-7-14-13-5-2-3-6-16(13)20(23)22(18)19(14)15/h2-11,21H,1H3. The third-order valence-electron chi connectivity index (χ3n) is 4.73. The monoisotopic (exact) mass is 298 g/mol. The predicted octanol–water partition coefficient (Wildman–Crippen LogP) is 4.24. The molecule has 0 radical (unpaired) electrons. The quantitative estimate of drug-likeness (QED) is 0.470. The highest BCUT2D eigenvalue weighted by molar-refractivity contribution is 6.20. The Labute approximate surface area is 132 Å². The van der Waals surface area contributed by atoms with Crippen LogP contribution in [0.1, 0.15) is 0 Å². The molecule has 3 nitrogen and oxygen atoms in total. The maximum atomic E-state index is 13.1. The molecule has 0 aliphatic heterocycles. The highest BCUT2D eigenvalue weighted by Crippen LogP contribution is 2.34. The molecule has 3 heteroatoms. The number of anilines is 1. The van der Waals surface area contributed by atoms with E-state index in [2.05, 4.69) is 29.6 Å². The molecule has 0 amide bonds. The average Bonchev–Trinajstić information content (AvgIpc) is 2.94. The number of benzene rings is 3. The molecule has 0 unspecified atom stereocenters. The van der Waals surface area contributed by atoms with Crippen LogP contribution in [0.25, 0.3) is 38.0 Å². The summed E-state index contributed by atoms with van der Waals surface area (Å²) in [6.07, 6.45) is 0. The van der Waals surface area contributed by atoms with Crippen molar-refractivity contribution in [2.75, 3.05) is 12.4 Å². The van der Waals surface area contributed by atoms with Gasteiger partial charge in [-0.1, -0.05) is 36.4 Å². The number of pyridine rings is 1. The number of nitrogens with zero attached hydrogens (tertiary/aromatic N) is 1.